The highest BCUT2D eigenvalue weighted by Crippen LogP contribution is 2.32. The van der Waals surface area contributed by atoms with E-state index in [1.807, 2.05) is 56.3 Å². The molecule has 0 bridgehead atoms. The van der Waals surface area contributed by atoms with Crippen molar-refractivity contribution in [3.63, 3.8) is 0 Å². The van der Waals surface area contributed by atoms with Crippen LogP contribution in [0.3, 0.4) is 0 Å². The van der Waals surface area contributed by atoms with E-state index in [-0.39, 0.29) is 22.5 Å². The second-order valence-electron chi connectivity index (χ2n) is 6.00. The van der Waals surface area contributed by atoms with Gasteiger partial charge in [0.25, 0.3) is 11.8 Å². The van der Waals surface area contributed by atoms with Gasteiger partial charge in [-0.25, -0.2) is 0 Å². The van der Waals surface area contributed by atoms with E-state index < -0.39 is 0 Å². The topological polar surface area (TPSA) is 40.6 Å². The van der Waals surface area contributed by atoms with Crippen molar-refractivity contribution in [2.75, 3.05) is 13.1 Å². The fourth-order valence-corrected chi connectivity index (χ4v) is 3.68. The Morgan fingerprint density at radius 3 is 1.81 bits per heavy atom. The molecule has 1 aliphatic rings. The van der Waals surface area contributed by atoms with Gasteiger partial charge in [-0.1, -0.05) is 54.1 Å². The number of halogens is 1. The van der Waals surface area contributed by atoms with Crippen LogP contribution in [0.5, 0.6) is 0 Å². The van der Waals surface area contributed by atoms with E-state index >= 15 is 0 Å². The number of hydrogen-bond donors (Lipinski definition) is 0. The quantitative estimate of drug-likeness (QED) is 0.441. The SMILES string of the molecule is CCN1C(=O)C(=C(c2ccccc2)c2ccc(Cl)cc2)C(=O)N(CC)C1=S. The maximum atomic E-state index is 13.2. The van der Waals surface area contributed by atoms with Gasteiger partial charge in [0.2, 0.25) is 0 Å². The number of amides is 2. The summed E-state index contributed by atoms with van der Waals surface area (Å²) in [6, 6.07) is 16.6. The van der Waals surface area contributed by atoms with Crippen LogP contribution in [0, 0.1) is 0 Å². The summed E-state index contributed by atoms with van der Waals surface area (Å²) >= 11 is 11.4. The largest absolute Gasteiger partial charge is 0.285 e. The molecule has 0 atom stereocenters. The molecule has 0 aliphatic carbocycles. The molecule has 4 nitrogen and oxygen atoms in total. The molecule has 3 rings (SSSR count). The van der Waals surface area contributed by atoms with Crippen LogP contribution in [-0.2, 0) is 9.59 Å². The number of nitrogens with zero attached hydrogens (tertiary/aromatic N) is 2. The third-order valence-corrected chi connectivity index (χ3v) is 5.15. The predicted molar refractivity (Wildman–Crippen MR) is 111 cm³/mol. The zero-order valence-corrected chi connectivity index (χ0v) is 16.7. The number of likely N-dealkylation sites (N-methyl/N-ethyl adjacent to an activating group) is 2. The first-order chi connectivity index (χ1) is 13.0. The summed E-state index contributed by atoms with van der Waals surface area (Å²) in [5, 5.41) is 0.839. The molecule has 138 valence electrons. The lowest BCUT2D eigenvalue weighted by molar-refractivity contribution is -0.133. The lowest BCUT2D eigenvalue weighted by atomic mass is 9.91. The molecule has 2 aromatic rings. The van der Waals surface area contributed by atoms with Crippen LogP contribution in [0.25, 0.3) is 5.57 Å². The summed E-state index contributed by atoms with van der Waals surface area (Å²) in [6.45, 7) is 4.48. The van der Waals surface area contributed by atoms with Gasteiger partial charge in [-0.05, 0) is 49.3 Å². The summed E-state index contributed by atoms with van der Waals surface area (Å²) in [5.41, 5.74) is 2.25. The maximum absolute atomic E-state index is 13.2. The molecule has 1 heterocycles. The minimum Gasteiger partial charge on any atom is -0.285 e. The molecule has 1 saturated heterocycles. The van der Waals surface area contributed by atoms with Crippen molar-refractivity contribution in [2.45, 2.75) is 13.8 Å². The first kappa shape index (κ1) is 19.3. The average Bonchev–Trinajstić information content (AvgIpc) is 2.67. The highest BCUT2D eigenvalue weighted by atomic mass is 35.5. The van der Waals surface area contributed by atoms with Crippen molar-refractivity contribution in [1.29, 1.82) is 0 Å². The maximum Gasteiger partial charge on any atom is 0.266 e. The number of carbonyl (C=O) groups is 2. The number of hydrogen-bond acceptors (Lipinski definition) is 3. The van der Waals surface area contributed by atoms with Gasteiger partial charge in [0.05, 0.1) is 0 Å². The van der Waals surface area contributed by atoms with Crippen LogP contribution in [0.15, 0.2) is 60.2 Å². The van der Waals surface area contributed by atoms with Crippen molar-refractivity contribution < 1.29 is 9.59 Å². The van der Waals surface area contributed by atoms with Crippen LogP contribution >= 0.6 is 23.8 Å². The Morgan fingerprint density at radius 1 is 0.852 bits per heavy atom. The van der Waals surface area contributed by atoms with E-state index in [0.29, 0.717) is 23.7 Å². The molecule has 2 amide bonds. The predicted octanol–water partition coefficient (Wildman–Crippen LogP) is 4.14. The van der Waals surface area contributed by atoms with E-state index in [1.54, 1.807) is 12.1 Å². The zero-order valence-electron chi connectivity index (χ0n) is 15.1. The van der Waals surface area contributed by atoms with Gasteiger partial charge in [-0.2, -0.15) is 0 Å². The van der Waals surface area contributed by atoms with Crippen molar-refractivity contribution in [3.05, 3.63) is 76.3 Å². The van der Waals surface area contributed by atoms with Crippen LogP contribution in [-0.4, -0.2) is 39.8 Å². The van der Waals surface area contributed by atoms with E-state index in [2.05, 4.69) is 0 Å². The van der Waals surface area contributed by atoms with Crippen molar-refractivity contribution in [1.82, 2.24) is 9.80 Å². The lowest BCUT2D eigenvalue weighted by Crippen LogP contribution is -2.56. The molecule has 0 saturated carbocycles. The average molecular weight is 399 g/mol. The van der Waals surface area contributed by atoms with Gasteiger partial charge in [-0.3, -0.25) is 19.4 Å². The van der Waals surface area contributed by atoms with Gasteiger partial charge < -0.3 is 0 Å². The Kier molecular flexibility index (Phi) is 5.73. The molecule has 27 heavy (non-hydrogen) atoms. The molecule has 0 unspecified atom stereocenters. The van der Waals surface area contributed by atoms with Crippen molar-refractivity contribution in [3.8, 4) is 0 Å². The molecular weight excluding hydrogens is 380 g/mol. The van der Waals surface area contributed by atoms with E-state index in [0.717, 1.165) is 11.1 Å². The molecule has 0 aromatic heterocycles. The standard InChI is InChI=1S/C21H19ClN2O2S/c1-3-23-19(25)18(20(26)24(4-2)21(23)27)17(14-8-6-5-7-9-14)15-10-12-16(22)13-11-15/h5-13H,3-4H2,1-2H3. The van der Waals surface area contributed by atoms with Gasteiger partial charge >= 0.3 is 0 Å². The molecule has 0 spiro atoms. The number of carbonyl (C=O) groups excluding carboxylic acids is 2. The Morgan fingerprint density at radius 2 is 1.33 bits per heavy atom. The Bertz CT molecular complexity index is 895. The van der Waals surface area contributed by atoms with E-state index in [4.69, 9.17) is 23.8 Å². The lowest BCUT2D eigenvalue weighted by Gasteiger charge is -2.36. The second kappa shape index (κ2) is 8.03. The molecule has 1 fully saturated rings. The van der Waals surface area contributed by atoms with Gasteiger partial charge in [0.1, 0.15) is 5.57 Å². The first-order valence-corrected chi connectivity index (χ1v) is 9.51. The number of benzene rings is 2. The summed E-state index contributed by atoms with van der Waals surface area (Å²) < 4.78 is 0. The summed E-state index contributed by atoms with van der Waals surface area (Å²) in [5.74, 6) is -0.739. The Balaban J connectivity index is 2.31. The summed E-state index contributed by atoms with van der Waals surface area (Å²) in [4.78, 5) is 29.3. The van der Waals surface area contributed by atoms with Gasteiger partial charge in [0, 0.05) is 23.7 Å². The van der Waals surface area contributed by atoms with Crippen LogP contribution in [0.1, 0.15) is 25.0 Å². The zero-order chi connectivity index (χ0) is 19.6. The minimum absolute atomic E-state index is 0.126. The van der Waals surface area contributed by atoms with Crippen molar-refractivity contribution in [2.24, 2.45) is 0 Å². The summed E-state index contributed by atoms with van der Waals surface area (Å²) in [7, 11) is 0. The normalized spacial score (nSPS) is 14.8. The minimum atomic E-state index is -0.369. The van der Waals surface area contributed by atoms with E-state index in [1.165, 1.54) is 9.80 Å². The highest BCUT2D eigenvalue weighted by molar-refractivity contribution is 7.80. The van der Waals surface area contributed by atoms with Gasteiger partial charge in [-0.15, -0.1) is 0 Å². The van der Waals surface area contributed by atoms with Crippen LogP contribution in [0.2, 0.25) is 5.02 Å². The third-order valence-electron chi connectivity index (χ3n) is 4.46. The Hall–Kier alpha value is -2.50. The smallest absolute Gasteiger partial charge is 0.266 e. The van der Waals surface area contributed by atoms with Crippen LogP contribution < -0.4 is 0 Å². The summed E-state index contributed by atoms with van der Waals surface area (Å²) in [6.07, 6.45) is 0. The highest BCUT2D eigenvalue weighted by Gasteiger charge is 2.40. The molecule has 2 aromatic carbocycles. The van der Waals surface area contributed by atoms with Crippen LogP contribution in [0.4, 0.5) is 0 Å². The molecular formula is C21H19ClN2O2S. The molecule has 1 aliphatic heterocycles. The monoisotopic (exact) mass is 398 g/mol. The fourth-order valence-electron chi connectivity index (χ4n) is 3.13. The van der Waals surface area contributed by atoms with E-state index in [9.17, 15) is 9.59 Å². The number of thiocarbonyl (C=S) groups is 1. The molecule has 6 heteroatoms. The third kappa shape index (κ3) is 3.53. The Labute approximate surface area is 169 Å². The first-order valence-electron chi connectivity index (χ1n) is 8.72. The number of rotatable bonds is 4. The van der Waals surface area contributed by atoms with Gasteiger partial charge in [0.15, 0.2) is 5.11 Å². The fraction of sp³-hybridized carbons (Fsp3) is 0.190. The second-order valence-corrected chi connectivity index (χ2v) is 6.81. The van der Waals surface area contributed by atoms with Crippen molar-refractivity contribution >= 4 is 46.3 Å². The molecule has 0 N–H and O–H groups in total. The molecule has 0 radical (unpaired) electrons.